The number of anilines is 1. The van der Waals surface area contributed by atoms with Gasteiger partial charge in [0.05, 0.1) is 15.9 Å². The fourth-order valence-electron chi connectivity index (χ4n) is 1.69. The lowest BCUT2D eigenvalue weighted by atomic mass is 10.2. The first kappa shape index (κ1) is 12.0. The molecule has 0 aliphatic carbocycles. The Labute approximate surface area is 108 Å². The first-order chi connectivity index (χ1) is 7.72. The Balaban J connectivity index is 2.31. The minimum atomic E-state index is -0.00472. The molecule has 5 nitrogen and oxygen atoms in total. The monoisotopic (exact) mass is 335 g/mol. The summed E-state index contributed by atoms with van der Waals surface area (Å²) < 4.78 is 11.5. The van der Waals surface area contributed by atoms with Crippen LogP contribution < -0.4 is 5.73 Å². The van der Waals surface area contributed by atoms with E-state index >= 15 is 0 Å². The van der Waals surface area contributed by atoms with Crippen LogP contribution >= 0.6 is 22.6 Å². The maximum atomic E-state index is 5.85. The summed E-state index contributed by atoms with van der Waals surface area (Å²) in [6.07, 6.45) is 2.02. The van der Waals surface area contributed by atoms with Gasteiger partial charge in [0.1, 0.15) is 11.9 Å². The molecule has 0 bridgehead atoms. The van der Waals surface area contributed by atoms with Crippen molar-refractivity contribution in [1.29, 1.82) is 0 Å². The van der Waals surface area contributed by atoms with E-state index in [1.807, 2.05) is 0 Å². The van der Waals surface area contributed by atoms with Crippen molar-refractivity contribution in [2.75, 3.05) is 19.5 Å². The molecule has 0 amide bonds. The lowest BCUT2D eigenvalue weighted by Gasteiger charge is -2.12. The Bertz CT molecular complexity index is 381. The average Bonchev–Trinajstić information content (AvgIpc) is 2.78. The third-order valence-corrected chi connectivity index (χ3v) is 3.64. The predicted octanol–water partition coefficient (Wildman–Crippen LogP) is 1.66. The fraction of sp³-hybridized carbons (Fsp3) is 0.600. The molecule has 0 spiro atoms. The highest BCUT2D eigenvalue weighted by Crippen LogP contribution is 2.28. The van der Waals surface area contributed by atoms with E-state index in [1.54, 1.807) is 7.11 Å². The molecule has 88 valence electrons. The molecule has 2 N–H and O–H groups in total. The maximum Gasteiger partial charge on any atom is 0.159 e. The Morgan fingerprint density at radius 2 is 2.38 bits per heavy atom. The van der Waals surface area contributed by atoms with Gasteiger partial charge in [-0.1, -0.05) is 0 Å². The zero-order chi connectivity index (χ0) is 11.5. The lowest BCUT2D eigenvalue weighted by Crippen LogP contribution is -2.11. The number of nitrogens with two attached hydrogens (primary N) is 1. The van der Waals surface area contributed by atoms with Crippen molar-refractivity contribution in [2.24, 2.45) is 0 Å². The van der Waals surface area contributed by atoms with Crippen LogP contribution in [0.25, 0.3) is 0 Å². The standard InChI is InChI=1S/C10H14IN3O2/c1-15-5-6-8(11)9(12)14-10(13-6)7-3-2-4-16-7/h7H,2-5H2,1H3,(H2,12,13,14). The second-order valence-electron chi connectivity index (χ2n) is 3.66. The number of ether oxygens (including phenoxy) is 2. The molecular formula is C10H14IN3O2. The summed E-state index contributed by atoms with van der Waals surface area (Å²) in [5.41, 5.74) is 6.68. The average molecular weight is 335 g/mol. The van der Waals surface area contributed by atoms with E-state index < -0.39 is 0 Å². The van der Waals surface area contributed by atoms with Crippen molar-refractivity contribution >= 4 is 28.4 Å². The summed E-state index contributed by atoms with van der Waals surface area (Å²) in [6, 6.07) is 0. The van der Waals surface area contributed by atoms with Crippen LogP contribution in [-0.2, 0) is 16.1 Å². The van der Waals surface area contributed by atoms with Crippen molar-refractivity contribution in [1.82, 2.24) is 9.97 Å². The zero-order valence-corrected chi connectivity index (χ0v) is 11.2. The lowest BCUT2D eigenvalue weighted by molar-refractivity contribution is 0.104. The fourth-order valence-corrected chi connectivity index (χ4v) is 2.09. The summed E-state index contributed by atoms with van der Waals surface area (Å²) >= 11 is 2.14. The van der Waals surface area contributed by atoms with Crippen molar-refractivity contribution in [3.63, 3.8) is 0 Å². The van der Waals surface area contributed by atoms with Crippen LogP contribution in [0.4, 0.5) is 5.82 Å². The minimum absolute atomic E-state index is 0.00472. The summed E-state index contributed by atoms with van der Waals surface area (Å²) in [4.78, 5) is 8.73. The molecule has 0 saturated carbocycles. The third kappa shape index (κ3) is 2.44. The molecule has 1 aliphatic heterocycles. The van der Waals surface area contributed by atoms with Gasteiger partial charge in [0.2, 0.25) is 0 Å². The van der Waals surface area contributed by atoms with E-state index in [-0.39, 0.29) is 6.10 Å². The normalized spacial score (nSPS) is 20.2. The number of hydrogen-bond acceptors (Lipinski definition) is 5. The van der Waals surface area contributed by atoms with Crippen molar-refractivity contribution in [3.8, 4) is 0 Å². The van der Waals surface area contributed by atoms with Crippen LogP contribution in [0.5, 0.6) is 0 Å². The van der Waals surface area contributed by atoms with Gasteiger partial charge in [-0.2, -0.15) is 0 Å². The first-order valence-corrected chi connectivity index (χ1v) is 6.22. The molecule has 1 aliphatic rings. The largest absolute Gasteiger partial charge is 0.383 e. The molecule has 0 radical (unpaired) electrons. The Hall–Kier alpha value is -0.470. The first-order valence-electron chi connectivity index (χ1n) is 5.14. The smallest absolute Gasteiger partial charge is 0.159 e. The number of rotatable bonds is 3. The molecule has 1 fully saturated rings. The second kappa shape index (κ2) is 5.24. The molecule has 1 aromatic heterocycles. The van der Waals surface area contributed by atoms with E-state index in [0.29, 0.717) is 18.2 Å². The van der Waals surface area contributed by atoms with Crippen molar-refractivity contribution in [2.45, 2.75) is 25.6 Å². The maximum absolute atomic E-state index is 5.85. The molecule has 6 heteroatoms. The number of nitrogens with zero attached hydrogens (tertiary/aromatic N) is 2. The Morgan fingerprint density at radius 3 is 3.00 bits per heavy atom. The third-order valence-electron chi connectivity index (χ3n) is 2.46. The summed E-state index contributed by atoms with van der Waals surface area (Å²) in [6.45, 7) is 1.23. The van der Waals surface area contributed by atoms with Gasteiger partial charge in [0.25, 0.3) is 0 Å². The van der Waals surface area contributed by atoms with Gasteiger partial charge >= 0.3 is 0 Å². The van der Waals surface area contributed by atoms with E-state index in [4.69, 9.17) is 15.2 Å². The van der Waals surface area contributed by atoms with E-state index in [1.165, 1.54) is 0 Å². The van der Waals surface area contributed by atoms with Gasteiger partial charge < -0.3 is 15.2 Å². The van der Waals surface area contributed by atoms with Gasteiger partial charge in [0, 0.05) is 13.7 Å². The van der Waals surface area contributed by atoms with Crippen LogP contribution in [0.1, 0.15) is 30.5 Å². The van der Waals surface area contributed by atoms with Crippen LogP contribution in [0.3, 0.4) is 0 Å². The number of nitrogen functional groups attached to an aromatic ring is 1. The van der Waals surface area contributed by atoms with Gasteiger partial charge in [-0.05, 0) is 35.4 Å². The van der Waals surface area contributed by atoms with Gasteiger partial charge in [0.15, 0.2) is 5.82 Å². The SMILES string of the molecule is COCc1nc(C2CCCO2)nc(N)c1I. The molecule has 1 aromatic rings. The van der Waals surface area contributed by atoms with Gasteiger partial charge in [-0.25, -0.2) is 9.97 Å². The highest BCUT2D eigenvalue weighted by Gasteiger charge is 2.22. The number of hydrogen-bond donors (Lipinski definition) is 1. The van der Waals surface area contributed by atoms with Crippen LogP contribution in [0.2, 0.25) is 0 Å². The topological polar surface area (TPSA) is 70.3 Å². The Morgan fingerprint density at radius 1 is 1.56 bits per heavy atom. The molecule has 1 unspecified atom stereocenters. The zero-order valence-electron chi connectivity index (χ0n) is 9.07. The molecule has 2 rings (SSSR count). The van der Waals surface area contributed by atoms with Crippen LogP contribution in [0, 0.1) is 3.57 Å². The van der Waals surface area contributed by atoms with Gasteiger partial charge in [-0.3, -0.25) is 0 Å². The van der Waals surface area contributed by atoms with E-state index in [0.717, 1.165) is 28.7 Å². The summed E-state index contributed by atoms with van der Waals surface area (Å²) in [7, 11) is 1.64. The highest BCUT2D eigenvalue weighted by molar-refractivity contribution is 14.1. The molecule has 16 heavy (non-hydrogen) atoms. The van der Waals surface area contributed by atoms with E-state index in [9.17, 15) is 0 Å². The molecular weight excluding hydrogens is 321 g/mol. The van der Waals surface area contributed by atoms with Gasteiger partial charge in [-0.15, -0.1) is 0 Å². The quantitative estimate of drug-likeness (QED) is 0.851. The molecule has 1 atom stereocenters. The second-order valence-corrected chi connectivity index (χ2v) is 4.74. The highest BCUT2D eigenvalue weighted by atomic mass is 127. The summed E-state index contributed by atoms with van der Waals surface area (Å²) in [5.74, 6) is 1.19. The summed E-state index contributed by atoms with van der Waals surface area (Å²) in [5, 5.41) is 0. The van der Waals surface area contributed by atoms with Crippen LogP contribution in [0.15, 0.2) is 0 Å². The van der Waals surface area contributed by atoms with Crippen LogP contribution in [-0.4, -0.2) is 23.7 Å². The molecule has 2 heterocycles. The van der Waals surface area contributed by atoms with Crippen molar-refractivity contribution < 1.29 is 9.47 Å². The Kier molecular flexibility index (Phi) is 3.93. The number of aromatic nitrogens is 2. The van der Waals surface area contributed by atoms with E-state index in [2.05, 4.69) is 32.6 Å². The minimum Gasteiger partial charge on any atom is -0.383 e. The predicted molar refractivity (Wildman–Crippen MR) is 67.8 cm³/mol. The molecule has 0 aromatic carbocycles. The number of methoxy groups -OCH3 is 1. The molecule has 1 saturated heterocycles. The number of halogens is 1. The van der Waals surface area contributed by atoms with Crippen molar-refractivity contribution in [3.05, 3.63) is 15.1 Å².